The largest absolute Gasteiger partial charge is 0.324 e. The molecule has 1 aliphatic carbocycles. The fraction of sp³-hybridized carbons (Fsp3) is 0.526. The second-order valence-corrected chi connectivity index (χ2v) is 7.22. The lowest BCUT2D eigenvalue weighted by molar-refractivity contribution is 0.108. The highest BCUT2D eigenvalue weighted by Gasteiger charge is 2.33. The molecule has 1 aromatic carbocycles. The number of urea groups is 1. The normalized spacial score (nSPS) is 23.1. The van der Waals surface area contributed by atoms with Crippen LogP contribution in [0.4, 0.5) is 10.7 Å². The summed E-state index contributed by atoms with van der Waals surface area (Å²) < 4.78 is 1.75. The van der Waals surface area contributed by atoms with Crippen LogP contribution in [0.1, 0.15) is 37.7 Å². The van der Waals surface area contributed by atoms with Crippen molar-refractivity contribution < 1.29 is 4.79 Å². The Morgan fingerprint density at radius 3 is 2.76 bits per heavy atom. The van der Waals surface area contributed by atoms with Crippen LogP contribution < -0.4 is 5.32 Å². The minimum Gasteiger partial charge on any atom is -0.324 e. The Labute approximate surface area is 148 Å². The van der Waals surface area contributed by atoms with Crippen molar-refractivity contribution in [2.24, 2.45) is 11.8 Å². The van der Waals surface area contributed by atoms with Crippen molar-refractivity contribution in [3.05, 3.63) is 42.2 Å². The van der Waals surface area contributed by atoms with E-state index in [1.165, 1.54) is 25.7 Å². The van der Waals surface area contributed by atoms with Crippen LogP contribution in [0.5, 0.6) is 0 Å². The first-order valence-corrected chi connectivity index (χ1v) is 9.27. The Morgan fingerprint density at radius 1 is 1.12 bits per heavy atom. The van der Waals surface area contributed by atoms with Gasteiger partial charge in [0.1, 0.15) is 6.33 Å². The fourth-order valence-corrected chi connectivity index (χ4v) is 4.16. The molecule has 2 fully saturated rings. The summed E-state index contributed by atoms with van der Waals surface area (Å²) in [5.41, 5.74) is 1.16. The average molecular weight is 339 g/mol. The van der Waals surface area contributed by atoms with E-state index in [9.17, 15) is 4.79 Å². The molecule has 132 valence electrons. The third kappa shape index (κ3) is 3.83. The van der Waals surface area contributed by atoms with Gasteiger partial charge in [-0.2, -0.15) is 0 Å². The minimum atomic E-state index is -0.0681. The minimum absolute atomic E-state index is 0.0681. The van der Waals surface area contributed by atoms with Crippen LogP contribution in [0.15, 0.2) is 36.7 Å². The molecule has 0 bridgehead atoms. The highest BCUT2D eigenvalue weighted by atomic mass is 16.2. The van der Waals surface area contributed by atoms with Gasteiger partial charge in [-0.1, -0.05) is 49.6 Å². The van der Waals surface area contributed by atoms with Crippen molar-refractivity contribution in [1.82, 2.24) is 19.7 Å². The van der Waals surface area contributed by atoms with Gasteiger partial charge >= 0.3 is 6.03 Å². The monoisotopic (exact) mass is 339 g/mol. The third-order valence-electron chi connectivity index (χ3n) is 5.52. The lowest BCUT2D eigenvalue weighted by Crippen LogP contribution is -2.46. The molecule has 1 saturated heterocycles. The van der Waals surface area contributed by atoms with Gasteiger partial charge in [0.05, 0.1) is 6.54 Å². The maximum Gasteiger partial charge on any atom is 0.324 e. The Balaban J connectivity index is 1.33. The first-order chi connectivity index (χ1) is 12.3. The standard InChI is InChI=1S/C19H25N5O/c25-19(23-11-10-16-8-4-5-9-17(16)13-23)21-18-20-14-24(22-18)12-15-6-2-1-3-7-15/h1-3,6-7,14,16-17H,4-5,8-13H2,(H,21,22,25)/t16-,17-/m0/s1. The summed E-state index contributed by atoms with van der Waals surface area (Å²) in [6, 6.07) is 10.0. The maximum absolute atomic E-state index is 12.5. The summed E-state index contributed by atoms with van der Waals surface area (Å²) >= 11 is 0. The van der Waals surface area contributed by atoms with Crippen molar-refractivity contribution in [2.45, 2.75) is 38.6 Å². The molecule has 1 aromatic heterocycles. The average Bonchev–Trinajstić information content (AvgIpc) is 3.09. The first kappa shape index (κ1) is 16.1. The molecule has 0 unspecified atom stereocenters. The number of amides is 2. The van der Waals surface area contributed by atoms with Crippen LogP contribution >= 0.6 is 0 Å². The maximum atomic E-state index is 12.5. The predicted octanol–water partition coefficient (Wildman–Crippen LogP) is 3.37. The summed E-state index contributed by atoms with van der Waals surface area (Å²) in [5, 5.41) is 7.23. The molecule has 1 saturated carbocycles. The van der Waals surface area contributed by atoms with Crippen molar-refractivity contribution in [3.8, 4) is 0 Å². The number of carbonyl (C=O) groups excluding carboxylic acids is 1. The Hall–Kier alpha value is -2.37. The number of hydrogen-bond donors (Lipinski definition) is 1. The van der Waals surface area contributed by atoms with Crippen LogP contribution in [-0.2, 0) is 6.54 Å². The number of aromatic nitrogens is 3. The number of carbonyl (C=O) groups is 1. The van der Waals surface area contributed by atoms with Crippen LogP contribution in [-0.4, -0.2) is 38.8 Å². The lowest BCUT2D eigenvalue weighted by Gasteiger charge is -2.41. The van der Waals surface area contributed by atoms with Gasteiger partial charge in [0.2, 0.25) is 5.95 Å². The summed E-state index contributed by atoms with van der Waals surface area (Å²) in [7, 11) is 0. The number of benzene rings is 1. The van der Waals surface area contributed by atoms with Crippen LogP contribution in [0.3, 0.4) is 0 Å². The van der Waals surface area contributed by atoms with Gasteiger partial charge in [0, 0.05) is 13.1 Å². The smallest absolute Gasteiger partial charge is 0.324 e. The molecular weight excluding hydrogens is 314 g/mol. The van der Waals surface area contributed by atoms with Gasteiger partial charge in [-0.3, -0.25) is 5.32 Å². The van der Waals surface area contributed by atoms with E-state index in [2.05, 4.69) is 15.4 Å². The molecule has 2 amide bonds. The second-order valence-electron chi connectivity index (χ2n) is 7.22. The molecule has 1 N–H and O–H groups in total. The molecule has 6 heteroatoms. The summed E-state index contributed by atoms with van der Waals surface area (Å²) in [6.45, 7) is 2.37. The number of piperidine rings is 1. The molecule has 4 rings (SSSR count). The van der Waals surface area contributed by atoms with Gasteiger partial charge in [-0.25, -0.2) is 14.5 Å². The van der Waals surface area contributed by atoms with Crippen LogP contribution in [0.25, 0.3) is 0 Å². The van der Waals surface area contributed by atoms with E-state index in [1.54, 1.807) is 11.0 Å². The lowest BCUT2D eigenvalue weighted by atomic mass is 9.75. The number of hydrogen-bond acceptors (Lipinski definition) is 3. The van der Waals surface area contributed by atoms with Crippen LogP contribution in [0.2, 0.25) is 0 Å². The van der Waals surface area contributed by atoms with Gasteiger partial charge in [-0.05, 0) is 30.2 Å². The van der Waals surface area contributed by atoms with Crippen molar-refractivity contribution in [3.63, 3.8) is 0 Å². The molecule has 2 heterocycles. The molecule has 2 aliphatic rings. The number of nitrogens with zero attached hydrogens (tertiary/aromatic N) is 4. The highest BCUT2D eigenvalue weighted by molar-refractivity contribution is 5.87. The summed E-state index contributed by atoms with van der Waals surface area (Å²) in [4.78, 5) is 18.7. The predicted molar refractivity (Wildman–Crippen MR) is 96.2 cm³/mol. The topological polar surface area (TPSA) is 63.1 Å². The molecule has 1 aliphatic heterocycles. The quantitative estimate of drug-likeness (QED) is 0.932. The Kier molecular flexibility index (Phi) is 4.68. The molecule has 6 nitrogen and oxygen atoms in total. The molecule has 25 heavy (non-hydrogen) atoms. The van der Waals surface area contributed by atoms with Gasteiger partial charge in [-0.15, -0.1) is 5.10 Å². The number of fused-ring (bicyclic) bond motifs is 1. The van der Waals surface area contributed by atoms with Crippen LogP contribution in [0, 0.1) is 11.8 Å². The fourth-order valence-electron chi connectivity index (χ4n) is 4.16. The highest BCUT2D eigenvalue weighted by Crippen LogP contribution is 2.36. The molecule has 2 aromatic rings. The van der Waals surface area contributed by atoms with E-state index in [4.69, 9.17) is 0 Å². The van der Waals surface area contributed by atoms with Gasteiger partial charge in [0.25, 0.3) is 0 Å². The zero-order valence-corrected chi connectivity index (χ0v) is 14.5. The number of likely N-dealkylation sites (tertiary alicyclic amines) is 1. The van der Waals surface area contributed by atoms with E-state index in [0.29, 0.717) is 18.4 Å². The third-order valence-corrected chi connectivity index (χ3v) is 5.52. The van der Waals surface area contributed by atoms with Crippen molar-refractivity contribution in [2.75, 3.05) is 18.4 Å². The second kappa shape index (κ2) is 7.25. The van der Waals surface area contributed by atoms with Crippen molar-refractivity contribution in [1.29, 1.82) is 0 Å². The summed E-state index contributed by atoms with van der Waals surface area (Å²) in [5.74, 6) is 1.88. The Bertz CT molecular complexity index is 714. The zero-order chi connectivity index (χ0) is 17.1. The molecule has 0 radical (unpaired) electrons. The van der Waals surface area contributed by atoms with E-state index in [-0.39, 0.29) is 6.03 Å². The Morgan fingerprint density at radius 2 is 1.92 bits per heavy atom. The van der Waals surface area contributed by atoms with Gasteiger partial charge < -0.3 is 4.90 Å². The number of nitrogens with one attached hydrogen (secondary N) is 1. The SMILES string of the molecule is O=C(Nc1ncn(Cc2ccccc2)n1)N1CC[C@@H]2CCCC[C@H]2C1. The number of rotatable bonds is 3. The van der Waals surface area contributed by atoms with E-state index >= 15 is 0 Å². The van der Waals surface area contributed by atoms with E-state index in [1.807, 2.05) is 35.2 Å². The first-order valence-electron chi connectivity index (χ1n) is 9.27. The van der Waals surface area contributed by atoms with E-state index < -0.39 is 0 Å². The molecule has 2 atom stereocenters. The van der Waals surface area contributed by atoms with E-state index in [0.717, 1.165) is 31.0 Å². The zero-order valence-electron chi connectivity index (χ0n) is 14.5. The number of anilines is 1. The summed E-state index contributed by atoms with van der Waals surface area (Å²) in [6.07, 6.45) is 8.06. The van der Waals surface area contributed by atoms with Gasteiger partial charge in [0.15, 0.2) is 0 Å². The van der Waals surface area contributed by atoms with Crippen molar-refractivity contribution >= 4 is 12.0 Å². The molecule has 0 spiro atoms. The molecular formula is C19H25N5O.